The van der Waals surface area contributed by atoms with Gasteiger partial charge in [0.15, 0.2) is 0 Å². The molecule has 5 nitrogen and oxygen atoms in total. The van der Waals surface area contributed by atoms with Crippen molar-refractivity contribution in [1.29, 1.82) is 0 Å². The number of ether oxygens (including phenoxy) is 1. The van der Waals surface area contributed by atoms with E-state index in [0.29, 0.717) is 6.61 Å². The molecule has 0 aromatic carbocycles. The van der Waals surface area contributed by atoms with E-state index in [1.807, 2.05) is 0 Å². The van der Waals surface area contributed by atoms with Crippen molar-refractivity contribution in [3.05, 3.63) is 0 Å². The molecule has 1 N–H and O–H groups in total. The summed E-state index contributed by atoms with van der Waals surface area (Å²) in [6.07, 6.45) is 1.16. The van der Waals surface area contributed by atoms with E-state index >= 15 is 0 Å². The summed E-state index contributed by atoms with van der Waals surface area (Å²) in [4.78, 5) is 11.1. The molecular formula is C8H17NO4S. The van der Waals surface area contributed by atoms with E-state index < -0.39 is 15.9 Å². The first-order valence-corrected chi connectivity index (χ1v) is 6.50. The molecular weight excluding hydrogens is 206 g/mol. The average Bonchev–Trinajstić information content (AvgIpc) is 2.02. The molecule has 0 aromatic heterocycles. The van der Waals surface area contributed by atoms with Crippen LogP contribution in [0, 0.1) is 0 Å². The number of hydrogen-bond donors (Lipinski definition) is 1. The van der Waals surface area contributed by atoms with Gasteiger partial charge in [-0.2, -0.15) is 0 Å². The fraction of sp³-hybridized carbons (Fsp3) is 0.875. The summed E-state index contributed by atoms with van der Waals surface area (Å²) in [6.45, 7) is 3.96. The molecule has 14 heavy (non-hydrogen) atoms. The zero-order valence-electron chi connectivity index (χ0n) is 8.74. The van der Waals surface area contributed by atoms with Crippen LogP contribution in [0.15, 0.2) is 0 Å². The second-order valence-electron chi connectivity index (χ2n) is 3.06. The van der Waals surface area contributed by atoms with Crippen LogP contribution in [0.1, 0.15) is 13.8 Å². The monoisotopic (exact) mass is 223 g/mol. The number of carbonyl (C=O) groups excluding carboxylic acids is 1. The van der Waals surface area contributed by atoms with E-state index in [-0.39, 0.29) is 18.3 Å². The lowest BCUT2D eigenvalue weighted by Crippen LogP contribution is -2.37. The molecule has 0 aliphatic heterocycles. The molecule has 6 heteroatoms. The third kappa shape index (κ3) is 6.85. The van der Waals surface area contributed by atoms with Gasteiger partial charge in [0.05, 0.1) is 12.4 Å². The maximum absolute atomic E-state index is 11.1. The van der Waals surface area contributed by atoms with Crippen molar-refractivity contribution >= 4 is 15.8 Å². The van der Waals surface area contributed by atoms with Crippen LogP contribution in [0.25, 0.3) is 0 Å². The minimum atomic E-state index is -2.97. The fourth-order valence-corrected chi connectivity index (χ4v) is 1.30. The quantitative estimate of drug-likeness (QED) is 0.619. The Morgan fingerprint density at radius 2 is 2.07 bits per heavy atom. The molecule has 0 fully saturated rings. The van der Waals surface area contributed by atoms with Gasteiger partial charge in [-0.05, 0) is 13.8 Å². The Balaban J connectivity index is 3.74. The van der Waals surface area contributed by atoms with Gasteiger partial charge in [0.1, 0.15) is 15.9 Å². The molecule has 1 unspecified atom stereocenters. The van der Waals surface area contributed by atoms with Crippen LogP contribution >= 0.6 is 0 Å². The van der Waals surface area contributed by atoms with Gasteiger partial charge >= 0.3 is 5.97 Å². The Morgan fingerprint density at radius 3 is 2.50 bits per heavy atom. The molecule has 84 valence electrons. The van der Waals surface area contributed by atoms with E-state index in [9.17, 15) is 13.2 Å². The van der Waals surface area contributed by atoms with Gasteiger partial charge in [-0.3, -0.25) is 4.79 Å². The van der Waals surface area contributed by atoms with Crippen LogP contribution in [0.4, 0.5) is 0 Å². The standard InChI is InChI=1S/C8H17NO4S/c1-4-13-8(10)7(2)9-5-6-14(3,11)12/h7,9H,4-6H2,1-3H3. The van der Waals surface area contributed by atoms with Crippen LogP contribution in [0.2, 0.25) is 0 Å². The average molecular weight is 223 g/mol. The molecule has 0 aliphatic rings. The predicted octanol–water partition coefficient (Wildman–Crippen LogP) is -0.428. The zero-order valence-corrected chi connectivity index (χ0v) is 9.56. The van der Waals surface area contributed by atoms with Crippen LogP contribution < -0.4 is 5.32 Å². The van der Waals surface area contributed by atoms with Crippen LogP contribution in [-0.2, 0) is 19.4 Å². The SMILES string of the molecule is CCOC(=O)C(C)NCCS(C)(=O)=O. The Hall–Kier alpha value is -0.620. The van der Waals surface area contributed by atoms with Crippen molar-refractivity contribution in [3.8, 4) is 0 Å². The molecule has 0 spiro atoms. The van der Waals surface area contributed by atoms with Gasteiger partial charge < -0.3 is 10.1 Å². The number of hydrogen-bond acceptors (Lipinski definition) is 5. The first kappa shape index (κ1) is 13.4. The lowest BCUT2D eigenvalue weighted by Gasteiger charge is -2.11. The van der Waals surface area contributed by atoms with Gasteiger partial charge in [0, 0.05) is 12.8 Å². The summed E-state index contributed by atoms with van der Waals surface area (Å²) in [5.41, 5.74) is 0. The molecule has 0 aromatic rings. The van der Waals surface area contributed by atoms with E-state index in [4.69, 9.17) is 4.74 Å². The number of sulfone groups is 1. The Bertz CT molecular complexity index is 273. The summed E-state index contributed by atoms with van der Waals surface area (Å²) in [6, 6.07) is -0.461. The molecule has 0 amide bonds. The highest BCUT2D eigenvalue weighted by Gasteiger charge is 2.13. The van der Waals surface area contributed by atoms with Crippen molar-refractivity contribution < 1.29 is 17.9 Å². The van der Waals surface area contributed by atoms with Crippen LogP contribution in [0.3, 0.4) is 0 Å². The molecule has 0 bridgehead atoms. The topological polar surface area (TPSA) is 72.5 Å². The van der Waals surface area contributed by atoms with E-state index in [0.717, 1.165) is 6.26 Å². The fourth-order valence-electron chi connectivity index (χ4n) is 0.811. The van der Waals surface area contributed by atoms with Crippen molar-refractivity contribution in [2.24, 2.45) is 0 Å². The number of esters is 1. The summed E-state index contributed by atoms with van der Waals surface area (Å²) < 4.78 is 26.2. The maximum Gasteiger partial charge on any atom is 0.322 e. The minimum absolute atomic E-state index is 0.0245. The number of carbonyl (C=O) groups is 1. The second-order valence-corrected chi connectivity index (χ2v) is 5.32. The molecule has 1 atom stereocenters. The van der Waals surface area contributed by atoms with Crippen molar-refractivity contribution in [1.82, 2.24) is 5.32 Å². The largest absolute Gasteiger partial charge is 0.465 e. The molecule has 0 heterocycles. The van der Waals surface area contributed by atoms with Gasteiger partial charge in [-0.1, -0.05) is 0 Å². The molecule has 0 rings (SSSR count). The summed E-state index contributed by atoms with van der Waals surface area (Å²) in [5.74, 6) is -0.336. The molecule has 0 radical (unpaired) electrons. The van der Waals surface area contributed by atoms with Crippen molar-refractivity contribution in [2.75, 3.05) is 25.2 Å². The first-order valence-electron chi connectivity index (χ1n) is 4.44. The predicted molar refractivity (Wildman–Crippen MR) is 53.8 cm³/mol. The second kappa shape index (κ2) is 5.98. The Morgan fingerprint density at radius 1 is 1.50 bits per heavy atom. The van der Waals surface area contributed by atoms with Crippen molar-refractivity contribution in [3.63, 3.8) is 0 Å². The highest BCUT2D eigenvalue weighted by molar-refractivity contribution is 7.90. The summed E-state index contributed by atoms with van der Waals surface area (Å²) >= 11 is 0. The van der Waals surface area contributed by atoms with Gasteiger partial charge in [0.2, 0.25) is 0 Å². The highest BCUT2D eigenvalue weighted by atomic mass is 32.2. The molecule has 0 aliphatic carbocycles. The molecule has 0 saturated carbocycles. The van der Waals surface area contributed by atoms with E-state index in [1.54, 1.807) is 13.8 Å². The highest BCUT2D eigenvalue weighted by Crippen LogP contribution is 1.88. The van der Waals surface area contributed by atoms with Crippen molar-refractivity contribution in [2.45, 2.75) is 19.9 Å². The lowest BCUT2D eigenvalue weighted by atomic mass is 10.3. The third-order valence-corrected chi connectivity index (χ3v) is 2.51. The zero-order chi connectivity index (χ0) is 11.2. The van der Waals surface area contributed by atoms with Crippen LogP contribution in [0.5, 0.6) is 0 Å². The third-order valence-electron chi connectivity index (χ3n) is 1.56. The van der Waals surface area contributed by atoms with Gasteiger partial charge in [0.25, 0.3) is 0 Å². The van der Waals surface area contributed by atoms with E-state index in [2.05, 4.69) is 5.32 Å². The smallest absolute Gasteiger partial charge is 0.322 e. The lowest BCUT2D eigenvalue weighted by molar-refractivity contribution is -0.145. The Kier molecular flexibility index (Phi) is 5.71. The molecule has 0 saturated heterocycles. The van der Waals surface area contributed by atoms with Crippen LogP contribution in [-0.4, -0.2) is 45.6 Å². The first-order chi connectivity index (χ1) is 6.37. The van der Waals surface area contributed by atoms with E-state index in [1.165, 1.54) is 0 Å². The normalized spacial score (nSPS) is 13.6. The maximum atomic E-state index is 11.1. The Labute approximate surface area is 84.7 Å². The van der Waals surface area contributed by atoms with Gasteiger partial charge in [-0.15, -0.1) is 0 Å². The summed E-state index contributed by atoms with van der Waals surface area (Å²) in [5, 5.41) is 2.77. The number of nitrogens with one attached hydrogen (secondary N) is 1. The minimum Gasteiger partial charge on any atom is -0.465 e. The number of rotatable bonds is 6. The summed E-state index contributed by atoms with van der Waals surface area (Å²) in [7, 11) is -2.97. The van der Waals surface area contributed by atoms with Gasteiger partial charge in [-0.25, -0.2) is 8.42 Å².